The Bertz CT molecular complexity index is 684. The van der Waals surface area contributed by atoms with E-state index < -0.39 is 11.7 Å². The second kappa shape index (κ2) is 6.20. The number of ether oxygens (including phenoxy) is 1. The van der Waals surface area contributed by atoms with Crippen LogP contribution < -0.4 is 10.1 Å². The number of methoxy groups -OCH3 is 1. The lowest BCUT2D eigenvalue weighted by molar-refractivity contribution is 0.102. The Labute approximate surface area is 130 Å². The lowest BCUT2D eigenvalue weighted by Gasteiger charge is -2.09. The van der Waals surface area contributed by atoms with Gasteiger partial charge in [0.2, 0.25) is 0 Å². The number of nitrogens with one attached hydrogen (secondary N) is 1. The highest BCUT2D eigenvalue weighted by molar-refractivity contribution is 6.35. The number of halogens is 3. The van der Waals surface area contributed by atoms with E-state index in [1.807, 2.05) is 0 Å². The maximum absolute atomic E-state index is 13.3. The standard InChI is InChI=1S/C14H10Cl2FNO3/c1-21-8-2-3-12(19)9(6-8)14(20)18-7-4-10(15)13(17)11(16)5-7/h2-6,19H,1H3,(H,18,20). The predicted molar refractivity (Wildman–Crippen MR) is 79.0 cm³/mol. The number of anilines is 1. The maximum atomic E-state index is 13.3. The number of carbonyl (C=O) groups excluding carboxylic acids is 1. The van der Waals surface area contributed by atoms with Crippen LogP contribution in [-0.4, -0.2) is 18.1 Å². The number of rotatable bonds is 3. The highest BCUT2D eigenvalue weighted by Gasteiger charge is 2.15. The molecule has 0 aromatic heterocycles. The summed E-state index contributed by atoms with van der Waals surface area (Å²) < 4.78 is 18.3. The zero-order chi connectivity index (χ0) is 15.6. The minimum Gasteiger partial charge on any atom is -0.507 e. The molecule has 0 atom stereocenters. The molecule has 2 aromatic rings. The summed E-state index contributed by atoms with van der Waals surface area (Å²) in [5.41, 5.74) is 0.213. The maximum Gasteiger partial charge on any atom is 0.259 e. The van der Waals surface area contributed by atoms with Crippen LogP contribution in [0.1, 0.15) is 10.4 Å². The van der Waals surface area contributed by atoms with Crippen LogP contribution in [0, 0.1) is 5.82 Å². The van der Waals surface area contributed by atoms with Crippen LogP contribution in [0.2, 0.25) is 10.0 Å². The zero-order valence-corrected chi connectivity index (χ0v) is 12.3. The van der Waals surface area contributed by atoms with E-state index >= 15 is 0 Å². The van der Waals surface area contributed by atoms with Crippen molar-refractivity contribution in [3.8, 4) is 11.5 Å². The molecule has 7 heteroatoms. The number of hydrogen-bond acceptors (Lipinski definition) is 3. The molecule has 4 nitrogen and oxygen atoms in total. The van der Waals surface area contributed by atoms with E-state index in [4.69, 9.17) is 27.9 Å². The molecule has 21 heavy (non-hydrogen) atoms. The number of amides is 1. The SMILES string of the molecule is COc1ccc(O)c(C(=O)Nc2cc(Cl)c(F)c(Cl)c2)c1. The van der Waals surface area contributed by atoms with Crippen molar-refractivity contribution >= 4 is 34.8 Å². The van der Waals surface area contributed by atoms with Gasteiger partial charge in [-0.3, -0.25) is 4.79 Å². The van der Waals surface area contributed by atoms with E-state index in [1.54, 1.807) is 0 Å². The molecule has 110 valence electrons. The fraction of sp³-hybridized carbons (Fsp3) is 0.0714. The van der Waals surface area contributed by atoms with Crippen molar-refractivity contribution in [2.45, 2.75) is 0 Å². The number of carbonyl (C=O) groups is 1. The Morgan fingerprint density at radius 2 is 1.86 bits per heavy atom. The second-order valence-corrected chi connectivity index (χ2v) is 4.91. The summed E-state index contributed by atoms with van der Waals surface area (Å²) >= 11 is 11.3. The molecule has 2 N–H and O–H groups in total. The molecule has 1 amide bonds. The third-order valence-corrected chi connectivity index (χ3v) is 3.24. The fourth-order valence-electron chi connectivity index (χ4n) is 1.65. The van der Waals surface area contributed by atoms with Crippen LogP contribution in [0.4, 0.5) is 10.1 Å². The largest absolute Gasteiger partial charge is 0.507 e. The second-order valence-electron chi connectivity index (χ2n) is 4.09. The average Bonchev–Trinajstić information content (AvgIpc) is 2.45. The van der Waals surface area contributed by atoms with Crippen LogP contribution >= 0.6 is 23.2 Å². The molecule has 0 saturated heterocycles. The van der Waals surface area contributed by atoms with E-state index in [0.29, 0.717) is 5.75 Å². The summed E-state index contributed by atoms with van der Waals surface area (Å²) in [5.74, 6) is -1.17. The minimum absolute atomic E-state index is 0.00548. The van der Waals surface area contributed by atoms with Crippen molar-refractivity contribution in [1.29, 1.82) is 0 Å². The fourth-order valence-corrected chi connectivity index (χ4v) is 2.14. The molecule has 0 aliphatic rings. The lowest BCUT2D eigenvalue weighted by atomic mass is 10.1. The van der Waals surface area contributed by atoms with Gasteiger partial charge < -0.3 is 15.2 Å². The molecule has 0 aliphatic heterocycles. The van der Waals surface area contributed by atoms with Crippen LogP contribution in [0.25, 0.3) is 0 Å². The van der Waals surface area contributed by atoms with Crippen molar-refractivity contribution < 1.29 is 19.0 Å². The molecule has 0 saturated carbocycles. The Balaban J connectivity index is 2.30. The normalized spacial score (nSPS) is 10.3. The van der Waals surface area contributed by atoms with Crippen LogP contribution in [-0.2, 0) is 0 Å². The summed E-state index contributed by atoms with van der Waals surface area (Å²) in [6.07, 6.45) is 0. The van der Waals surface area contributed by atoms with Gasteiger partial charge >= 0.3 is 0 Å². The Kier molecular flexibility index (Phi) is 4.55. The van der Waals surface area contributed by atoms with Crippen molar-refractivity contribution in [1.82, 2.24) is 0 Å². The Morgan fingerprint density at radius 3 is 2.43 bits per heavy atom. The average molecular weight is 330 g/mol. The third kappa shape index (κ3) is 3.37. The van der Waals surface area contributed by atoms with E-state index in [1.165, 1.54) is 37.4 Å². The summed E-state index contributed by atoms with van der Waals surface area (Å²) in [6.45, 7) is 0. The van der Waals surface area contributed by atoms with Gasteiger partial charge in [-0.25, -0.2) is 4.39 Å². The molecule has 0 spiro atoms. The van der Waals surface area contributed by atoms with Crippen molar-refractivity contribution in [2.75, 3.05) is 12.4 Å². The molecule has 0 unspecified atom stereocenters. The molecule has 0 heterocycles. The van der Waals surface area contributed by atoms with Crippen LogP contribution in [0.5, 0.6) is 11.5 Å². The van der Waals surface area contributed by atoms with E-state index in [-0.39, 0.29) is 27.0 Å². The van der Waals surface area contributed by atoms with Gasteiger partial charge in [0.05, 0.1) is 22.7 Å². The number of phenols is 1. The first-order chi connectivity index (χ1) is 9.92. The lowest BCUT2D eigenvalue weighted by Crippen LogP contribution is -2.12. The van der Waals surface area contributed by atoms with Gasteiger partial charge in [0.15, 0.2) is 5.82 Å². The van der Waals surface area contributed by atoms with Gasteiger partial charge in [-0.1, -0.05) is 23.2 Å². The first kappa shape index (κ1) is 15.4. The van der Waals surface area contributed by atoms with Crippen molar-refractivity contribution in [3.05, 3.63) is 51.8 Å². The Morgan fingerprint density at radius 1 is 1.24 bits per heavy atom. The topological polar surface area (TPSA) is 58.6 Å². The molecule has 2 aromatic carbocycles. The quantitative estimate of drug-likeness (QED) is 0.833. The first-order valence-electron chi connectivity index (χ1n) is 5.75. The number of benzene rings is 2. The molecular weight excluding hydrogens is 320 g/mol. The van der Waals surface area contributed by atoms with E-state index in [2.05, 4.69) is 5.32 Å². The molecule has 0 fully saturated rings. The number of aromatic hydroxyl groups is 1. The van der Waals surface area contributed by atoms with Crippen LogP contribution in [0.3, 0.4) is 0 Å². The summed E-state index contributed by atoms with van der Waals surface area (Å²) in [6, 6.07) is 6.66. The molecular formula is C14H10Cl2FNO3. The molecule has 0 aliphatic carbocycles. The van der Waals surface area contributed by atoms with Gasteiger partial charge in [0, 0.05) is 5.69 Å². The van der Waals surface area contributed by atoms with Gasteiger partial charge in [0.1, 0.15) is 11.5 Å². The van der Waals surface area contributed by atoms with E-state index in [9.17, 15) is 14.3 Å². The third-order valence-electron chi connectivity index (χ3n) is 2.69. The summed E-state index contributed by atoms with van der Waals surface area (Å²) in [5, 5.41) is 11.7. The predicted octanol–water partition coefficient (Wildman–Crippen LogP) is 4.10. The molecule has 0 radical (unpaired) electrons. The number of hydrogen-bond donors (Lipinski definition) is 2. The Hall–Kier alpha value is -1.98. The summed E-state index contributed by atoms with van der Waals surface area (Å²) in [7, 11) is 1.44. The van der Waals surface area contributed by atoms with Crippen molar-refractivity contribution in [3.63, 3.8) is 0 Å². The van der Waals surface area contributed by atoms with Gasteiger partial charge in [-0.15, -0.1) is 0 Å². The minimum atomic E-state index is -0.763. The van der Waals surface area contributed by atoms with Crippen LogP contribution in [0.15, 0.2) is 30.3 Å². The zero-order valence-electron chi connectivity index (χ0n) is 10.8. The monoisotopic (exact) mass is 329 g/mol. The number of phenolic OH excluding ortho intramolecular Hbond substituents is 1. The highest BCUT2D eigenvalue weighted by Crippen LogP contribution is 2.29. The highest BCUT2D eigenvalue weighted by atomic mass is 35.5. The van der Waals surface area contributed by atoms with Crippen molar-refractivity contribution in [2.24, 2.45) is 0 Å². The molecule has 0 bridgehead atoms. The van der Waals surface area contributed by atoms with Gasteiger partial charge in [-0.2, -0.15) is 0 Å². The smallest absolute Gasteiger partial charge is 0.259 e. The first-order valence-corrected chi connectivity index (χ1v) is 6.51. The van der Waals surface area contributed by atoms with E-state index in [0.717, 1.165) is 0 Å². The molecule has 2 rings (SSSR count). The summed E-state index contributed by atoms with van der Waals surface area (Å²) in [4.78, 5) is 12.1. The van der Waals surface area contributed by atoms with Gasteiger partial charge in [-0.05, 0) is 30.3 Å². The van der Waals surface area contributed by atoms with Gasteiger partial charge in [0.25, 0.3) is 5.91 Å².